The van der Waals surface area contributed by atoms with Crippen LogP contribution in [0.15, 0.2) is 42.5 Å². The van der Waals surface area contributed by atoms with Crippen LogP contribution in [-0.4, -0.2) is 38.9 Å². The van der Waals surface area contributed by atoms with Crippen LogP contribution in [0, 0.1) is 5.41 Å². The highest BCUT2D eigenvalue weighted by molar-refractivity contribution is 5.98. The zero-order chi connectivity index (χ0) is 19.4. The molecule has 27 heavy (non-hydrogen) atoms. The molecule has 1 saturated carbocycles. The van der Waals surface area contributed by atoms with E-state index >= 15 is 0 Å². The van der Waals surface area contributed by atoms with Crippen LogP contribution in [0.5, 0.6) is 17.2 Å². The average Bonchev–Trinajstić information content (AvgIpc) is 3.43. The first-order valence-electron chi connectivity index (χ1n) is 8.87. The van der Waals surface area contributed by atoms with Gasteiger partial charge in [-0.05, 0) is 48.6 Å². The molecule has 0 bridgehead atoms. The summed E-state index contributed by atoms with van der Waals surface area (Å²) in [6.07, 6.45) is 1.05. The Morgan fingerprint density at radius 2 is 1.74 bits per heavy atom. The molecular weight excluding hydrogens is 346 g/mol. The lowest BCUT2D eigenvalue weighted by Crippen LogP contribution is -2.26. The van der Waals surface area contributed by atoms with Gasteiger partial charge in [0.15, 0.2) is 11.5 Å². The van der Waals surface area contributed by atoms with Gasteiger partial charge in [0.25, 0.3) is 0 Å². The normalized spacial score (nSPS) is 20.7. The summed E-state index contributed by atoms with van der Waals surface area (Å²) in [6, 6.07) is 13.1. The second-order valence-electron chi connectivity index (χ2n) is 6.67. The lowest BCUT2D eigenvalue weighted by atomic mass is 9.94. The van der Waals surface area contributed by atoms with Crippen LogP contribution in [0.2, 0.25) is 0 Å². The third-order valence-corrected chi connectivity index (χ3v) is 5.21. The number of nitrogens with one attached hydrogen (secondary N) is 1. The van der Waals surface area contributed by atoms with Crippen LogP contribution < -0.4 is 19.5 Å². The van der Waals surface area contributed by atoms with Gasteiger partial charge in [0.2, 0.25) is 11.7 Å². The van der Waals surface area contributed by atoms with E-state index in [1.807, 2.05) is 42.5 Å². The van der Waals surface area contributed by atoms with E-state index in [9.17, 15) is 9.90 Å². The maximum absolute atomic E-state index is 13.0. The zero-order valence-corrected chi connectivity index (χ0v) is 15.8. The monoisotopic (exact) mass is 371 g/mol. The first kappa shape index (κ1) is 19.0. The molecule has 2 unspecified atom stereocenters. The molecule has 0 aromatic heterocycles. The molecule has 6 heteroatoms. The lowest BCUT2D eigenvalue weighted by Gasteiger charge is -2.18. The summed E-state index contributed by atoms with van der Waals surface area (Å²) in [5, 5.41) is 12.5. The van der Waals surface area contributed by atoms with Gasteiger partial charge in [-0.3, -0.25) is 4.79 Å². The summed E-state index contributed by atoms with van der Waals surface area (Å²) in [5.41, 5.74) is 1.03. The fourth-order valence-corrected chi connectivity index (χ4v) is 3.66. The van der Waals surface area contributed by atoms with Crippen molar-refractivity contribution in [2.75, 3.05) is 33.3 Å². The van der Waals surface area contributed by atoms with E-state index in [0.717, 1.165) is 11.3 Å². The summed E-state index contributed by atoms with van der Waals surface area (Å²) in [7, 11) is 4.69. The minimum Gasteiger partial charge on any atom is -0.493 e. The molecule has 0 spiro atoms. The number of hydrogen-bond donors (Lipinski definition) is 2. The van der Waals surface area contributed by atoms with E-state index in [1.54, 1.807) is 21.3 Å². The number of benzene rings is 2. The number of methoxy groups -OCH3 is 3. The number of carbonyl (C=O) groups is 1. The molecule has 2 N–H and O–H groups in total. The van der Waals surface area contributed by atoms with Crippen LogP contribution in [-0.2, 0) is 4.79 Å². The fraction of sp³-hybridized carbons (Fsp3) is 0.381. The number of aliphatic hydroxyl groups excluding tert-OH is 1. The van der Waals surface area contributed by atoms with Gasteiger partial charge < -0.3 is 24.6 Å². The summed E-state index contributed by atoms with van der Waals surface area (Å²) in [5.74, 6) is 1.52. The minimum atomic E-state index is -0.644. The highest BCUT2D eigenvalue weighted by atomic mass is 16.5. The molecule has 1 fully saturated rings. The van der Waals surface area contributed by atoms with Crippen LogP contribution in [0.3, 0.4) is 0 Å². The maximum Gasteiger partial charge on any atom is 0.231 e. The second-order valence-corrected chi connectivity index (χ2v) is 6.67. The highest BCUT2D eigenvalue weighted by Gasteiger charge is 2.60. The van der Waals surface area contributed by atoms with Crippen molar-refractivity contribution in [3.63, 3.8) is 0 Å². The molecule has 6 nitrogen and oxygen atoms in total. The van der Waals surface area contributed by atoms with Crippen molar-refractivity contribution < 1.29 is 24.1 Å². The summed E-state index contributed by atoms with van der Waals surface area (Å²) >= 11 is 0. The first-order chi connectivity index (χ1) is 13.1. The summed E-state index contributed by atoms with van der Waals surface area (Å²) in [6.45, 7) is -0.0524. The molecule has 3 rings (SSSR count). The number of para-hydroxylation sites is 1. The Bertz CT molecular complexity index is 782. The van der Waals surface area contributed by atoms with Crippen molar-refractivity contribution in [3.8, 4) is 17.2 Å². The summed E-state index contributed by atoms with van der Waals surface area (Å²) < 4.78 is 16.2. The number of amides is 1. The predicted octanol–water partition coefficient (Wildman–Crippen LogP) is 3.21. The average molecular weight is 371 g/mol. The third kappa shape index (κ3) is 3.57. The van der Waals surface area contributed by atoms with Gasteiger partial charge in [-0.2, -0.15) is 0 Å². The van der Waals surface area contributed by atoms with E-state index < -0.39 is 5.41 Å². The standard InChI is InChI=1S/C21H25NO5/c1-25-17-11-14(12-18(26-2)19(17)27-3)16-13-21(16,9-10-23)20(24)22-15-7-5-4-6-8-15/h4-8,11-12,16,23H,9-10,13H2,1-3H3,(H,22,24). The van der Waals surface area contributed by atoms with Crippen LogP contribution in [0.25, 0.3) is 0 Å². The Morgan fingerprint density at radius 1 is 1.11 bits per heavy atom. The number of anilines is 1. The quantitative estimate of drug-likeness (QED) is 0.745. The molecule has 2 aromatic rings. The molecule has 0 saturated heterocycles. The molecule has 1 aliphatic carbocycles. The Balaban J connectivity index is 1.90. The number of rotatable bonds is 8. The third-order valence-electron chi connectivity index (χ3n) is 5.21. The maximum atomic E-state index is 13.0. The van der Waals surface area contributed by atoms with Gasteiger partial charge in [0.05, 0.1) is 26.7 Å². The number of carbonyl (C=O) groups excluding carboxylic acids is 1. The van der Waals surface area contributed by atoms with Gasteiger partial charge in [-0.25, -0.2) is 0 Å². The molecule has 144 valence electrons. The second kappa shape index (κ2) is 7.88. The Kier molecular flexibility index (Phi) is 5.56. The van der Waals surface area contributed by atoms with Gasteiger partial charge in [-0.1, -0.05) is 18.2 Å². The molecule has 1 aliphatic rings. The molecule has 2 aromatic carbocycles. The van der Waals surface area contributed by atoms with Crippen LogP contribution in [0.4, 0.5) is 5.69 Å². The molecule has 1 amide bonds. The fourth-order valence-electron chi connectivity index (χ4n) is 3.66. The van der Waals surface area contributed by atoms with E-state index in [4.69, 9.17) is 14.2 Å². The van der Waals surface area contributed by atoms with Crippen molar-refractivity contribution >= 4 is 11.6 Å². The van der Waals surface area contributed by atoms with E-state index in [0.29, 0.717) is 30.1 Å². The lowest BCUT2D eigenvalue weighted by molar-refractivity contribution is -0.121. The highest BCUT2D eigenvalue weighted by Crippen LogP contribution is 2.63. The number of hydrogen-bond acceptors (Lipinski definition) is 5. The van der Waals surface area contributed by atoms with Crippen molar-refractivity contribution in [2.24, 2.45) is 5.41 Å². The van der Waals surface area contributed by atoms with Crippen molar-refractivity contribution in [1.82, 2.24) is 0 Å². The predicted molar refractivity (Wildman–Crippen MR) is 103 cm³/mol. The van der Waals surface area contributed by atoms with Crippen molar-refractivity contribution in [2.45, 2.75) is 18.8 Å². The van der Waals surface area contributed by atoms with Crippen LogP contribution in [0.1, 0.15) is 24.3 Å². The minimum absolute atomic E-state index is 0.0259. The van der Waals surface area contributed by atoms with Gasteiger partial charge in [0, 0.05) is 12.3 Å². The smallest absolute Gasteiger partial charge is 0.231 e. The van der Waals surface area contributed by atoms with Gasteiger partial charge in [0.1, 0.15) is 0 Å². The molecule has 0 heterocycles. The Hall–Kier alpha value is -2.73. The Morgan fingerprint density at radius 3 is 2.26 bits per heavy atom. The molecular formula is C21H25NO5. The Labute approximate surface area is 159 Å². The molecule has 0 aliphatic heterocycles. The van der Waals surface area contributed by atoms with Gasteiger partial charge in [-0.15, -0.1) is 0 Å². The van der Waals surface area contributed by atoms with Crippen molar-refractivity contribution in [3.05, 3.63) is 48.0 Å². The molecule has 0 radical (unpaired) electrons. The van der Waals surface area contributed by atoms with E-state index in [1.165, 1.54) is 0 Å². The first-order valence-corrected chi connectivity index (χ1v) is 8.87. The van der Waals surface area contributed by atoms with Crippen LogP contribution >= 0.6 is 0 Å². The topological polar surface area (TPSA) is 77.0 Å². The zero-order valence-electron chi connectivity index (χ0n) is 15.8. The van der Waals surface area contributed by atoms with Crippen molar-refractivity contribution in [1.29, 1.82) is 0 Å². The van der Waals surface area contributed by atoms with E-state index in [2.05, 4.69) is 5.32 Å². The van der Waals surface area contributed by atoms with E-state index in [-0.39, 0.29) is 18.4 Å². The molecule has 2 atom stereocenters. The number of ether oxygens (including phenoxy) is 3. The number of aliphatic hydroxyl groups is 1. The SMILES string of the molecule is COc1cc(C2CC2(CCO)C(=O)Nc2ccccc2)cc(OC)c1OC. The summed E-state index contributed by atoms with van der Waals surface area (Å²) in [4.78, 5) is 13.0. The largest absolute Gasteiger partial charge is 0.493 e. The van der Waals surface area contributed by atoms with Gasteiger partial charge >= 0.3 is 0 Å².